The van der Waals surface area contributed by atoms with Gasteiger partial charge in [-0.2, -0.15) is 15.3 Å². The zero-order valence-electron chi connectivity index (χ0n) is 21.6. The molecule has 0 spiro atoms. The first kappa shape index (κ1) is 25.8. The molecule has 2 amide bonds. The van der Waals surface area contributed by atoms with Crippen molar-refractivity contribution < 1.29 is 14.7 Å². The third kappa shape index (κ3) is 5.54. The standard InChI is InChI=1S/C26H34N8O4/c1-15(2)34-21(8-11-28-34)25(37)31-23(22(16-3-4-16)17-5-6-17)26(38)30-18-13-29-33(14-18)20(9-12-35)19-7-10-27-32-24(19)36/h7-8,10-11,13-17,20,22-23,35H,3-6,9,12H2,1-2H3,(H,30,38)(H,31,37)(H,32,36)/t20?,23-/m0/s1. The van der Waals surface area contributed by atoms with E-state index >= 15 is 0 Å². The van der Waals surface area contributed by atoms with Gasteiger partial charge in [0.1, 0.15) is 11.7 Å². The molecule has 12 nitrogen and oxygen atoms in total. The van der Waals surface area contributed by atoms with Crippen molar-refractivity contribution in [2.45, 2.75) is 64.1 Å². The van der Waals surface area contributed by atoms with Crippen molar-refractivity contribution in [3.63, 3.8) is 0 Å². The Hall–Kier alpha value is -3.80. The third-order valence-electron chi connectivity index (χ3n) is 7.39. The number of carbonyl (C=O) groups is 2. The Bertz CT molecular complexity index is 1320. The summed E-state index contributed by atoms with van der Waals surface area (Å²) in [5, 5.41) is 30.3. The molecule has 2 aliphatic rings. The first-order chi connectivity index (χ1) is 18.4. The first-order valence-electron chi connectivity index (χ1n) is 13.2. The maximum atomic E-state index is 13.7. The third-order valence-corrected chi connectivity index (χ3v) is 7.39. The lowest BCUT2D eigenvalue weighted by Crippen LogP contribution is -2.50. The van der Waals surface area contributed by atoms with Gasteiger partial charge in [0.25, 0.3) is 11.5 Å². The molecule has 2 atom stereocenters. The summed E-state index contributed by atoms with van der Waals surface area (Å²) in [5.74, 6) is 0.297. The number of nitrogens with zero attached hydrogens (tertiary/aromatic N) is 5. The molecule has 202 valence electrons. The number of rotatable bonds is 12. The summed E-state index contributed by atoms with van der Waals surface area (Å²) in [7, 11) is 0. The van der Waals surface area contributed by atoms with Gasteiger partial charge in [-0.3, -0.25) is 23.7 Å². The summed E-state index contributed by atoms with van der Waals surface area (Å²) in [6, 6.07) is 2.03. The molecule has 3 heterocycles. The fourth-order valence-corrected chi connectivity index (χ4v) is 5.31. The topological polar surface area (TPSA) is 160 Å². The number of aromatic nitrogens is 6. The smallest absolute Gasteiger partial charge is 0.270 e. The van der Waals surface area contributed by atoms with E-state index in [1.165, 1.54) is 12.4 Å². The van der Waals surface area contributed by atoms with Gasteiger partial charge in [0.15, 0.2) is 0 Å². The van der Waals surface area contributed by atoms with Gasteiger partial charge in [0, 0.05) is 36.8 Å². The average molecular weight is 523 g/mol. The Labute approximate surface area is 219 Å². The van der Waals surface area contributed by atoms with Gasteiger partial charge in [-0.15, -0.1) is 0 Å². The van der Waals surface area contributed by atoms with Crippen LogP contribution < -0.4 is 16.2 Å². The molecule has 2 fully saturated rings. The van der Waals surface area contributed by atoms with Gasteiger partial charge in [0.05, 0.1) is 17.9 Å². The highest BCUT2D eigenvalue weighted by Gasteiger charge is 2.48. The largest absolute Gasteiger partial charge is 0.396 e. The quantitative estimate of drug-likeness (QED) is 0.283. The number of H-pyrrole nitrogens is 1. The number of aliphatic hydroxyl groups excluding tert-OH is 1. The van der Waals surface area contributed by atoms with Crippen LogP contribution in [0.15, 0.2) is 41.7 Å². The van der Waals surface area contributed by atoms with Gasteiger partial charge >= 0.3 is 0 Å². The van der Waals surface area contributed by atoms with E-state index in [1.54, 1.807) is 33.9 Å². The Morgan fingerprint density at radius 2 is 1.87 bits per heavy atom. The van der Waals surface area contributed by atoms with Crippen LogP contribution in [0.4, 0.5) is 5.69 Å². The zero-order chi connectivity index (χ0) is 26.8. The van der Waals surface area contributed by atoms with Crippen LogP contribution in [-0.4, -0.2) is 59.3 Å². The summed E-state index contributed by atoms with van der Waals surface area (Å²) >= 11 is 0. The molecule has 3 aromatic heterocycles. The maximum absolute atomic E-state index is 13.7. The Morgan fingerprint density at radius 3 is 2.50 bits per heavy atom. The van der Waals surface area contributed by atoms with Crippen LogP contribution in [0.1, 0.15) is 74.1 Å². The van der Waals surface area contributed by atoms with Gasteiger partial charge in [-0.1, -0.05) is 0 Å². The lowest BCUT2D eigenvalue weighted by atomic mass is 9.88. The Balaban J connectivity index is 1.37. The molecule has 1 unspecified atom stereocenters. The number of aliphatic hydroxyl groups is 1. The number of nitrogens with one attached hydrogen (secondary N) is 3. The highest BCUT2D eigenvalue weighted by molar-refractivity contribution is 6.00. The summed E-state index contributed by atoms with van der Waals surface area (Å²) in [6.07, 6.45) is 10.7. The van der Waals surface area contributed by atoms with E-state index in [9.17, 15) is 19.5 Å². The molecular weight excluding hydrogens is 488 g/mol. The van der Waals surface area contributed by atoms with Gasteiger partial charge in [0.2, 0.25) is 5.91 Å². The molecule has 2 aliphatic carbocycles. The predicted octanol–water partition coefficient (Wildman–Crippen LogP) is 1.89. The van der Waals surface area contributed by atoms with Gasteiger partial charge in [-0.05, 0) is 75.8 Å². The molecule has 38 heavy (non-hydrogen) atoms. The molecule has 0 aromatic carbocycles. The van der Waals surface area contributed by atoms with E-state index in [2.05, 4.69) is 31.0 Å². The molecule has 2 saturated carbocycles. The van der Waals surface area contributed by atoms with Crippen molar-refractivity contribution in [2.24, 2.45) is 17.8 Å². The van der Waals surface area contributed by atoms with E-state index in [4.69, 9.17) is 0 Å². The Kier molecular flexibility index (Phi) is 7.41. The average Bonchev–Trinajstić information content (AvgIpc) is 3.81. The van der Waals surface area contributed by atoms with Crippen molar-refractivity contribution in [3.8, 4) is 0 Å². The van der Waals surface area contributed by atoms with Crippen molar-refractivity contribution in [1.82, 2.24) is 35.1 Å². The minimum absolute atomic E-state index is 0.00558. The minimum Gasteiger partial charge on any atom is -0.396 e. The molecular formula is C26H34N8O4. The van der Waals surface area contributed by atoms with E-state index in [1.807, 2.05) is 13.8 Å². The molecule has 0 bridgehead atoms. The van der Waals surface area contributed by atoms with E-state index in [0.29, 0.717) is 28.8 Å². The second-order valence-electron chi connectivity index (χ2n) is 10.5. The number of anilines is 1. The molecule has 5 rings (SSSR count). The summed E-state index contributed by atoms with van der Waals surface area (Å²) in [6.45, 7) is 3.75. The van der Waals surface area contributed by atoms with E-state index in [0.717, 1.165) is 25.7 Å². The number of hydrogen-bond acceptors (Lipinski definition) is 7. The number of hydrogen-bond donors (Lipinski definition) is 4. The summed E-state index contributed by atoms with van der Waals surface area (Å²) in [4.78, 5) is 39.3. The molecule has 4 N–H and O–H groups in total. The van der Waals surface area contributed by atoms with Crippen molar-refractivity contribution in [1.29, 1.82) is 0 Å². The van der Waals surface area contributed by atoms with Crippen LogP contribution in [0.3, 0.4) is 0 Å². The molecule has 3 aromatic rings. The number of aromatic amines is 1. The van der Waals surface area contributed by atoms with Crippen LogP contribution in [0.5, 0.6) is 0 Å². The molecule has 12 heteroatoms. The first-order valence-corrected chi connectivity index (χ1v) is 13.2. The predicted molar refractivity (Wildman–Crippen MR) is 138 cm³/mol. The van der Waals surface area contributed by atoms with Crippen molar-refractivity contribution in [2.75, 3.05) is 11.9 Å². The monoisotopic (exact) mass is 522 g/mol. The van der Waals surface area contributed by atoms with Crippen LogP contribution in [0, 0.1) is 17.8 Å². The zero-order valence-corrected chi connectivity index (χ0v) is 21.6. The van der Waals surface area contributed by atoms with Crippen molar-refractivity contribution in [3.05, 3.63) is 58.5 Å². The molecule has 0 radical (unpaired) electrons. The fourth-order valence-electron chi connectivity index (χ4n) is 5.31. The number of amides is 2. The maximum Gasteiger partial charge on any atom is 0.270 e. The second-order valence-corrected chi connectivity index (χ2v) is 10.5. The summed E-state index contributed by atoms with van der Waals surface area (Å²) in [5.41, 5.74) is 0.905. The lowest BCUT2D eigenvalue weighted by molar-refractivity contribution is -0.119. The highest BCUT2D eigenvalue weighted by atomic mass is 16.3. The van der Waals surface area contributed by atoms with Gasteiger partial charge < -0.3 is 15.7 Å². The lowest BCUT2D eigenvalue weighted by Gasteiger charge is -2.27. The molecule has 0 saturated heterocycles. The minimum atomic E-state index is -0.697. The number of carbonyl (C=O) groups excluding carboxylic acids is 2. The van der Waals surface area contributed by atoms with E-state index < -0.39 is 12.1 Å². The van der Waals surface area contributed by atoms with E-state index in [-0.39, 0.29) is 42.4 Å². The van der Waals surface area contributed by atoms with Crippen LogP contribution in [-0.2, 0) is 4.79 Å². The normalized spacial score (nSPS) is 17.0. The van der Waals surface area contributed by atoms with Crippen LogP contribution in [0.2, 0.25) is 0 Å². The Morgan fingerprint density at radius 1 is 1.13 bits per heavy atom. The van der Waals surface area contributed by atoms with Crippen LogP contribution in [0.25, 0.3) is 0 Å². The van der Waals surface area contributed by atoms with Crippen LogP contribution >= 0.6 is 0 Å². The SMILES string of the molecule is CC(C)n1nccc1C(=O)N[C@H](C(=O)Nc1cnn(C(CCO)c2ccn[nH]c2=O)c1)C(C1CC1)C1CC1. The van der Waals surface area contributed by atoms with Crippen molar-refractivity contribution >= 4 is 17.5 Å². The summed E-state index contributed by atoms with van der Waals surface area (Å²) < 4.78 is 3.20. The second kappa shape index (κ2) is 10.9. The van der Waals surface area contributed by atoms with Gasteiger partial charge in [-0.25, -0.2) is 5.10 Å². The fraction of sp³-hybridized carbons (Fsp3) is 0.538. The highest BCUT2D eigenvalue weighted by Crippen LogP contribution is 2.51. The molecule has 0 aliphatic heterocycles.